The Morgan fingerprint density at radius 2 is 1.76 bits per heavy atom. The molecule has 1 unspecified atom stereocenters. The summed E-state index contributed by atoms with van der Waals surface area (Å²) in [6.07, 6.45) is 7.68. The van der Waals surface area contributed by atoms with Crippen LogP contribution in [0, 0.1) is 18.8 Å². The van der Waals surface area contributed by atoms with Gasteiger partial charge in [0.15, 0.2) is 5.78 Å². The van der Waals surface area contributed by atoms with E-state index >= 15 is 0 Å². The summed E-state index contributed by atoms with van der Waals surface area (Å²) in [7, 11) is 1.80. The quantitative estimate of drug-likeness (QED) is 0.722. The van der Waals surface area contributed by atoms with Crippen molar-refractivity contribution in [2.24, 2.45) is 11.8 Å². The Kier molecular flexibility index (Phi) is 7.94. The molecule has 1 amide bonds. The van der Waals surface area contributed by atoms with Crippen molar-refractivity contribution >= 4 is 11.7 Å². The standard InChI is InChI=1S/C17H30N2O2/c1-12(2)10-15(13(3)20)19-17(21)16(18-4)11-14-8-6-5-7-9-14/h3,12,14-16,18H,5-11H2,1-2,4H3,(H,19,21)/t15-,16?/m0/s1. The molecule has 1 saturated carbocycles. The zero-order valence-electron chi connectivity index (χ0n) is 13.7. The van der Waals surface area contributed by atoms with E-state index in [0.29, 0.717) is 18.3 Å². The first-order chi connectivity index (χ1) is 9.93. The molecule has 2 radical (unpaired) electrons. The number of amides is 1. The molecule has 0 saturated heterocycles. The summed E-state index contributed by atoms with van der Waals surface area (Å²) in [6, 6.07) is -0.804. The zero-order chi connectivity index (χ0) is 15.8. The molecule has 1 rings (SSSR count). The molecule has 4 heteroatoms. The maximum absolute atomic E-state index is 12.4. The van der Waals surface area contributed by atoms with Gasteiger partial charge in [-0.1, -0.05) is 46.0 Å². The molecule has 0 aromatic rings. The van der Waals surface area contributed by atoms with E-state index in [1.54, 1.807) is 7.05 Å². The van der Waals surface area contributed by atoms with Crippen LogP contribution in [0.25, 0.3) is 0 Å². The maximum atomic E-state index is 12.4. The third-order valence-corrected chi connectivity index (χ3v) is 4.33. The van der Waals surface area contributed by atoms with Crippen molar-refractivity contribution in [3.63, 3.8) is 0 Å². The first kappa shape index (κ1) is 18.1. The van der Waals surface area contributed by atoms with Crippen LogP contribution >= 0.6 is 0 Å². The zero-order valence-corrected chi connectivity index (χ0v) is 13.7. The molecule has 0 aliphatic heterocycles. The molecule has 21 heavy (non-hydrogen) atoms. The topological polar surface area (TPSA) is 58.2 Å². The summed E-state index contributed by atoms with van der Waals surface area (Å²) in [4.78, 5) is 23.8. The minimum Gasteiger partial charge on any atom is -0.345 e. The molecule has 1 aliphatic rings. The Hall–Kier alpha value is -0.900. The van der Waals surface area contributed by atoms with E-state index in [-0.39, 0.29) is 11.9 Å². The van der Waals surface area contributed by atoms with Gasteiger partial charge in [0.2, 0.25) is 5.91 Å². The molecule has 0 aromatic heterocycles. The van der Waals surface area contributed by atoms with Crippen molar-refractivity contribution in [2.45, 2.75) is 70.9 Å². The van der Waals surface area contributed by atoms with Gasteiger partial charge in [-0.2, -0.15) is 0 Å². The monoisotopic (exact) mass is 294 g/mol. The number of likely N-dealkylation sites (N-methyl/N-ethyl adjacent to an activating group) is 1. The van der Waals surface area contributed by atoms with Crippen LogP contribution in [-0.2, 0) is 9.59 Å². The Balaban J connectivity index is 2.53. The summed E-state index contributed by atoms with van der Waals surface area (Å²) < 4.78 is 0. The number of hydrogen-bond acceptors (Lipinski definition) is 3. The lowest BCUT2D eigenvalue weighted by Crippen LogP contribution is -2.50. The van der Waals surface area contributed by atoms with Crippen LogP contribution < -0.4 is 10.6 Å². The van der Waals surface area contributed by atoms with Crippen LogP contribution in [0.5, 0.6) is 0 Å². The SMILES string of the molecule is [CH]C(=O)[C@H](CC(C)C)NC(=O)C(CC1CCCCC1)NC. The van der Waals surface area contributed by atoms with Gasteiger partial charge in [-0.05, 0) is 31.7 Å². The molecule has 2 atom stereocenters. The van der Waals surface area contributed by atoms with Crippen LogP contribution in [0.2, 0.25) is 0 Å². The normalized spacial score (nSPS) is 19.3. The van der Waals surface area contributed by atoms with Gasteiger partial charge in [-0.25, -0.2) is 0 Å². The predicted octanol–water partition coefficient (Wildman–Crippen LogP) is 2.36. The predicted molar refractivity (Wildman–Crippen MR) is 84.7 cm³/mol. The summed E-state index contributed by atoms with van der Waals surface area (Å²) >= 11 is 0. The fourth-order valence-electron chi connectivity index (χ4n) is 3.10. The summed E-state index contributed by atoms with van der Waals surface area (Å²) in [6.45, 7) is 9.41. The highest BCUT2D eigenvalue weighted by molar-refractivity contribution is 5.93. The number of carbonyl (C=O) groups excluding carboxylic acids is 2. The second kappa shape index (κ2) is 9.19. The molecular formula is C17H30N2O2. The lowest BCUT2D eigenvalue weighted by Gasteiger charge is -2.27. The van der Waals surface area contributed by atoms with Gasteiger partial charge in [0.1, 0.15) is 0 Å². The Labute approximate surface area is 129 Å². The first-order valence-electron chi connectivity index (χ1n) is 8.21. The summed E-state index contributed by atoms with van der Waals surface area (Å²) in [5, 5.41) is 5.89. The third kappa shape index (κ3) is 6.60. The van der Waals surface area contributed by atoms with Gasteiger partial charge in [-0.15, -0.1) is 0 Å². The molecule has 0 aromatic carbocycles. The van der Waals surface area contributed by atoms with Gasteiger partial charge < -0.3 is 10.6 Å². The molecule has 0 spiro atoms. The lowest BCUT2D eigenvalue weighted by atomic mass is 9.84. The Morgan fingerprint density at radius 3 is 2.24 bits per heavy atom. The van der Waals surface area contributed by atoms with Gasteiger partial charge >= 0.3 is 0 Å². The van der Waals surface area contributed by atoms with E-state index in [0.717, 1.165) is 6.42 Å². The fraction of sp³-hybridized carbons (Fsp3) is 0.824. The summed E-state index contributed by atoms with van der Waals surface area (Å²) in [5.41, 5.74) is 0. The fourth-order valence-corrected chi connectivity index (χ4v) is 3.10. The smallest absolute Gasteiger partial charge is 0.237 e. The van der Waals surface area contributed by atoms with Gasteiger partial charge in [0.05, 0.1) is 12.1 Å². The first-order valence-corrected chi connectivity index (χ1v) is 8.21. The highest BCUT2D eigenvalue weighted by Gasteiger charge is 2.26. The molecule has 120 valence electrons. The molecule has 1 aliphatic carbocycles. The van der Waals surface area contributed by atoms with Crippen LogP contribution in [0.3, 0.4) is 0 Å². The van der Waals surface area contributed by atoms with E-state index in [1.807, 2.05) is 13.8 Å². The van der Waals surface area contributed by atoms with Crippen molar-refractivity contribution in [1.29, 1.82) is 0 Å². The van der Waals surface area contributed by atoms with Crippen LogP contribution in [0.15, 0.2) is 0 Å². The van der Waals surface area contributed by atoms with E-state index < -0.39 is 11.8 Å². The molecule has 0 heterocycles. The average molecular weight is 294 g/mol. The van der Waals surface area contributed by atoms with Crippen LogP contribution in [-0.4, -0.2) is 30.8 Å². The number of ketones is 1. The number of carbonyl (C=O) groups is 2. The Bertz CT molecular complexity index is 336. The summed E-state index contributed by atoms with van der Waals surface area (Å²) in [5.74, 6) is 0.366. The molecule has 1 fully saturated rings. The number of hydrogen-bond donors (Lipinski definition) is 2. The van der Waals surface area contributed by atoms with Crippen molar-refractivity contribution in [2.75, 3.05) is 7.05 Å². The number of nitrogens with one attached hydrogen (secondary N) is 2. The number of Topliss-reactive ketones (excluding diaryl/α,β-unsaturated/α-hetero) is 1. The van der Waals surface area contributed by atoms with Crippen molar-refractivity contribution < 1.29 is 9.59 Å². The molecular weight excluding hydrogens is 264 g/mol. The second-order valence-electron chi connectivity index (χ2n) is 6.67. The minimum atomic E-state index is -0.570. The third-order valence-electron chi connectivity index (χ3n) is 4.33. The number of rotatable bonds is 8. The lowest BCUT2D eigenvalue weighted by molar-refractivity contribution is -0.128. The van der Waals surface area contributed by atoms with Crippen LogP contribution in [0.1, 0.15) is 58.8 Å². The van der Waals surface area contributed by atoms with E-state index in [2.05, 4.69) is 10.6 Å². The van der Waals surface area contributed by atoms with Gasteiger partial charge in [0.25, 0.3) is 0 Å². The maximum Gasteiger partial charge on any atom is 0.237 e. The van der Waals surface area contributed by atoms with E-state index in [4.69, 9.17) is 6.92 Å². The second-order valence-corrected chi connectivity index (χ2v) is 6.67. The average Bonchev–Trinajstić information content (AvgIpc) is 2.44. The molecule has 0 bridgehead atoms. The van der Waals surface area contributed by atoms with E-state index in [1.165, 1.54) is 32.1 Å². The highest BCUT2D eigenvalue weighted by atomic mass is 16.2. The van der Waals surface area contributed by atoms with Crippen LogP contribution in [0.4, 0.5) is 0 Å². The molecule has 4 nitrogen and oxygen atoms in total. The van der Waals surface area contributed by atoms with Gasteiger partial charge in [-0.3, -0.25) is 9.59 Å². The highest BCUT2D eigenvalue weighted by Crippen LogP contribution is 2.27. The molecule has 2 N–H and O–H groups in total. The van der Waals surface area contributed by atoms with Crippen molar-refractivity contribution in [3.8, 4) is 0 Å². The van der Waals surface area contributed by atoms with E-state index in [9.17, 15) is 9.59 Å². The minimum absolute atomic E-state index is 0.104. The largest absolute Gasteiger partial charge is 0.345 e. The van der Waals surface area contributed by atoms with Gasteiger partial charge in [0, 0.05) is 6.92 Å². The van der Waals surface area contributed by atoms with Crippen molar-refractivity contribution in [3.05, 3.63) is 6.92 Å². The van der Waals surface area contributed by atoms with Crippen molar-refractivity contribution in [1.82, 2.24) is 10.6 Å². The Morgan fingerprint density at radius 1 is 1.14 bits per heavy atom.